The van der Waals surface area contributed by atoms with Crippen LogP contribution in [0.3, 0.4) is 0 Å². The van der Waals surface area contributed by atoms with Crippen molar-refractivity contribution >= 4 is 23.4 Å². The van der Waals surface area contributed by atoms with E-state index in [0.29, 0.717) is 5.57 Å². The summed E-state index contributed by atoms with van der Waals surface area (Å²) in [6.07, 6.45) is 15.8. The van der Waals surface area contributed by atoms with Crippen molar-refractivity contribution in [2.45, 2.75) is 46.5 Å². The Morgan fingerprint density at radius 3 is 2.83 bits per heavy atom. The van der Waals surface area contributed by atoms with Gasteiger partial charge >= 0.3 is 0 Å². The standard InChI is InChI=1S/C25H32N4O/c1-17-10-6-5-8-14-28-25(30)22(17)16-23-18(2)24(20(4)29-23)19(3)26-15-12-21-11-7-9-13-27-21/h7-8,10-11,14,16,26,29H,3,5-6,9,12-13,15H2,1-2,4H3,(H,28,30)/b14-8+,17-10+,22-16-. The van der Waals surface area contributed by atoms with Gasteiger partial charge < -0.3 is 15.6 Å². The van der Waals surface area contributed by atoms with Crippen LogP contribution in [0, 0.1) is 13.8 Å². The van der Waals surface area contributed by atoms with E-state index in [0.717, 1.165) is 78.3 Å². The van der Waals surface area contributed by atoms with Crippen LogP contribution >= 0.6 is 0 Å². The number of rotatable bonds is 6. The van der Waals surface area contributed by atoms with Crippen LogP contribution in [0.1, 0.15) is 55.1 Å². The van der Waals surface area contributed by atoms with Crippen LogP contribution in [0.4, 0.5) is 0 Å². The molecule has 0 atom stereocenters. The Morgan fingerprint density at radius 2 is 2.07 bits per heavy atom. The van der Waals surface area contributed by atoms with Crippen molar-refractivity contribution in [3.8, 4) is 0 Å². The first-order valence-corrected chi connectivity index (χ1v) is 10.6. The number of nitrogens with one attached hydrogen (secondary N) is 3. The van der Waals surface area contributed by atoms with Crippen molar-refractivity contribution in [3.05, 3.63) is 70.7 Å². The molecular weight excluding hydrogens is 372 g/mol. The van der Waals surface area contributed by atoms with Gasteiger partial charge in [-0.2, -0.15) is 0 Å². The SMILES string of the molecule is C=C(NCCC1=NCCC=C1)c1c(C)[nH]c(/C=C2C(=O)N/C=C/CC\C=C\2C)c1C. The van der Waals surface area contributed by atoms with Crippen LogP contribution < -0.4 is 10.6 Å². The first kappa shape index (κ1) is 21.6. The average molecular weight is 405 g/mol. The summed E-state index contributed by atoms with van der Waals surface area (Å²) in [5.41, 5.74) is 7.83. The number of aryl methyl sites for hydroxylation is 1. The highest BCUT2D eigenvalue weighted by molar-refractivity contribution is 6.02. The van der Waals surface area contributed by atoms with Gasteiger partial charge in [0.25, 0.3) is 5.91 Å². The van der Waals surface area contributed by atoms with Gasteiger partial charge in [-0.05, 0) is 63.3 Å². The Hall–Kier alpha value is -3.08. The van der Waals surface area contributed by atoms with Crippen LogP contribution in [0.5, 0.6) is 0 Å². The second-order valence-electron chi connectivity index (χ2n) is 7.78. The van der Waals surface area contributed by atoms with E-state index in [-0.39, 0.29) is 5.91 Å². The molecule has 3 N–H and O–H groups in total. The molecule has 0 aromatic carbocycles. The van der Waals surface area contributed by atoms with Crippen molar-refractivity contribution in [1.82, 2.24) is 15.6 Å². The summed E-state index contributed by atoms with van der Waals surface area (Å²) >= 11 is 0. The number of allylic oxidation sites excluding steroid dienone is 3. The van der Waals surface area contributed by atoms with Crippen molar-refractivity contribution in [3.63, 3.8) is 0 Å². The highest BCUT2D eigenvalue weighted by atomic mass is 16.1. The van der Waals surface area contributed by atoms with E-state index in [1.54, 1.807) is 6.20 Å². The molecule has 0 bridgehead atoms. The molecule has 1 amide bonds. The molecule has 3 rings (SSSR count). The molecule has 2 aliphatic heterocycles. The zero-order chi connectivity index (χ0) is 21.5. The van der Waals surface area contributed by atoms with E-state index in [2.05, 4.69) is 52.3 Å². The Labute approximate surface area is 179 Å². The Kier molecular flexibility index (Phi) is 7.28. The smallest absolute Gasteiger partial charge is 0.255 e. The van der Waals surface area contributed by atoms with Crippen molar-refractivity contribution in [2.75, 3.05) is 13.1 Å². The first-order chi connectivity index (χ1) is 14.5. The molecular formula is C25H32N4O. The van der Waals surface area contributed by atoms with Crippen LogP contribution in [0.15, 0.2) is 53.2 Å². The molecule has 0 saturated heterocycles. The number of nitrogens with zero attached hydrogens (tertiary/aromatic N) is 1. The average Bonchev–Trinajstić information content (AvgIpc) is 3.04. The predicted molar refractivity (Wildman–Crippen MR) is 126 cm³/mol. The summed E-state index contributed by atoms with van der Waals surface area (Å²) in [5, 5.41) is 6.30. The maximum absolute atomic E-state index is 12.6. The zero-order valence-corrected chi connectivity index (χ0v) is 18.3. The monoisotopic (exact) mass is 404 g/mol. The molecule has 0 saturated carbocycles. The maximum Gasteiger partial charge on any atom is 0.255 e. The van der Waals surface area contributed by atoms with Crippen LogP contribution in [0.2, 0.25) is 0 Å². The number of amides is 1. The van der Waals surface area contributed by atoms with Gasteiger partial charge in [0, 0.05) is 59.6 Å². The number of carbonyl (C=O) groups is 1. The number of carbonyl (C=O) groups excluding carboxylic acids is 1. The third-order valence-corrected chi connectivity index (χ3v) is 5.49. The molecule has 0 spiro atoms. The van der Waals surface area contributed by atoms with Crippen molar-refractivity contribution in [1.29, 1.82) is 0 Å². The van der Waals surface area contributed by atoms with E-state index in [1.165, 1.54) is 0 Å². The molecule has 5 heteroatoms. The molecule has 2 aliphatic rings. The lowest BCUT2D eigenvalue weighted by molar-refractivity contribution is -0.116. The summed E-state index contributed by atoms with van der Waals surface area (Å²) in [4.78, 5) is 20.6. The van der Waals surface area contributed by atoms with E-state index >= 15 is 0 Å². The molecule has 0 aliphatic carbocycles. The van der Waals surface area contributed by atoms with Crippen LogP contribution in [-0.2, 0) is 4.79 Å². The topological polar surface area (TPSA) is 69.3 Å². The number of aromatic amines is 1. The van der Waals surface area contributed by atoms with Crippen LogP contribution in [0.25, 0.3) is 11.8 Å². The van der Waals surface area contributed by atoms with Gasteiger partial charge in [0.1, 0.15) is 0 Å². The van der Waals surface area contributed by atoms with E-state index in [4.69, 9.17) is 0 Å². The quantitative estimate of drug-likeness (QED) is 0.600. The molecule has 5 nitrogen and oxygen atoms in total. The fraction of sp³-hybridized carbons (Fsp3) is 0.360. The number of hydrogen-bond donors (Lipinski definition) is 3. The minimum Gasteiger partial charge on any atom is -0.385 e. The van der Waals surface area contributed by atoms with Crippen molar-refractivity contribution < 1.29 is 4.79 Å². The van der Waals surface area contributed by atoms with Gasteiger partial charge in [-0.1, -0.05) is 24.8 Å². The second-order valence-corrected chi connectivity index (χ2v) is 7.78. The fourth-order valence-corrected chi connectivity index (χ4v) is 3.82. The molecule has 1 aromatic rings. The highest BCUT2D eigenvalue weighted by Gasteiger charge is 2.17. The summed E-state index contributed by atoms with van der Waals surface area (Å²) < 4.78 is 0. The molecule has 30 heavy (non-hydrogen) atoms. The van der Waals surface area contributed by atoms with Gasteiger partial charge in [0.05, 0.1) is 0 Å². The zero-order valence-electron chi connectivity index (χ0n) is 18.3. The van der Waals surface area contributed by atoms with E-state index in [9.17, 15) is 4.79 Å². The minimum atomic E-state index is -0.0895. The lowest BCUT2D eigenvalue weighted by Crippen LogP contribution is -2.19. The lowest BCUT2D eigenvalue weighted by Gasteiger charge is -2.12. The molecule has 158 valence electrons. The molecule has 1 aromatic heterocycles. The van der Waals surface area contributed by atoms with Crippen molar-refractivity contribution in [2.24, 2.45) is 4.99 Å². The molecule has 0 radical (unpaired) electrons. The number of aromatic nitrogens is 1. The number of aliphatic imine (C=N–C) groups is 1. The summed E-state index contributed by atoms with van der Waals surface area (Å²) in [6.45, 7) is 12.0. The summed E-state index contributed by atoms with van der Waals surface area (Å²) in [7, 11) is 0. The second kappa shape index (κ2) is 10.1. The van der Waals surface area contributed by atoms with Gasteiger partial charge in [-0.3, -0.25) is 9.79 Å². The molecule has 0 unspecified atom stereocenters. The maximum atomic E-state index is 12.6. The first-order valence-electron chi connectivity index (χ1n) is 10.6. The van der Waals surface area contributed by atoms with E-state index in [1.807, 2.05) is 26.0 Å². The predicted octanol–water partition coefficient (Wildman–Crippen LogP) is 4.74. The Morgan fingerprint density at radius 1 is 1.23 bits per heavy atom. The summed E-state index contributed by atoms with van der Waals surface area (Å²) in [5.74, 6) is -0.0895. The third kappa shape index (κ3) is 5.29. The Bertz CT molecular complexity index is 970. The van der Waals surface area contributed by atoms with Gasteiger partial charge in [0.2, 0.25) is 0 Å². The Balaban J connectivity index is 1.77. The van der Waals surface area contributed by atoms with Gasteiger partial charge in [-0.15, -0.1) is 0 Å². The van der Waals surface area contributed by atoms with Gasteiger partial charge in [0.15, 0.2) is 0 Å². The minimum absolute atomic E-state index is 0.0895. The lowest BCUT2D eigenvalue weighted by atomic mass is 10.0. The van der Waals surface area contributed by atoms with Gasteiger partial charge in [-0.25, -0.2) is 0 Å². The molecule has 3 heterocycles. The summed E-state index contributed by atoms with van der Waals surface area (Å²) in [6, 6.07) is 0. The number of hydrogen-bond acceptors (Lipinski definition) is 3. The largest absolute Gasteiger partial charge is 0.385 e. The molecule has 0 fully saturated rings. The normalized spacial score (nSPS) is 21.0. The number of H-pyrrole nitrogens is 1. The fourth-order valence-electron chi connectivity index (χ4n) is 3.82. The third-order valence-electron chi connectivity index (χ3n) is 5.49. The van der Waals surface area contributed by atoms with Crippen LogP contribution in [-0.4, -0.2) is 29.7 Å². The highest BCUT2D eigenvalue weighted by Crippen LogP contribution is 2.26. The van der Waals surface area contributed by atoms with E-state index < -0.39 is 0 Å². The number of dihydropyridines is 1.